The van der Waals surface area contributed by atoms with Crippen molar-refractivity contribution in [3.63, 3.8) is 0 Å². The van der Waals surface area contributed by atoms with Crippen LogP contribution in [0, 0.1) is 0 Å². The van der Waals surface area contributed by atoms with Gasteiger partial charge in [0.2, 0.25) is 0 Å². The van der Waals surface area contributed by atoms with Gasteiger partial charge in [0.1, 0.15) is 22.3 Å². The van der Waals surface area contributed by atoms with Crippen molar-refractivity contribution in [2.24, 2.45) is 0 Å². The molecule has 0 radical (unpaired) electrons. The second-order valence-electron chi connectivity index (χ2n) is 17.7. The molecule has 284 valence electrons. The molecule has 0 atom stereocenters. The van der Waals surface area contributed by atoms with Crippen molar-refractivity contribution in [3.05, 3.63) is 180 Å². The molecule has 4 nitrogen and oxygen atoms in total. The van der Waals surface area contributed by atoms with Crippen molar-refractivity contribution in [2.45, 2.75) is 45.4 Å². The predicted molar refractivity (Wildman–Crippen MR) is 246 cm³/mol. The van der Waals surface area contributed by atoms with Gasteiger partial charge in [-0.2, -0.15) is 0 Å². The SMILES string of the molecule is CC(C)(C)c1ccc(N(c2ccc3c4ccccc4n(-c4ccccc4)c3c2)c2cc3c(c4oc5ccccc5c24)-c2c(ccc4c2oc2ccccc24)C3(C)C)cc1. The average molecular weight is 763 g/mol. The Kier molecular flexibility index (Phi) is 6.92. The number of aromatic nitrogens is 1. The zero-order valence-electron chi connectivity index (χ0n) is 33.8. The van der Waals surface area contributed by atoms with Crippen molar-refractivity contribution in [2.75, 3.05) is 4.90 Å². The summed E-state index contributed by atoms with van der Waals surface area (Å²) in [6.45, 7) is 11.5. The maximum absolute atomic E-state index is 7.11. The van der Waals surface area contributed by atoms with Crippen molar-refractivity contribution >= 4 is 82.7 Å². The number of para-hydroxylation sites is 4. The van der Waals surface area contributed by atoms with Gasteiger partial charge in [0.15, 0.2) is 0 Å². The van der Waals surface area contributed by atoms with E-state index in [0.29, 0.717) is 0 Å². The Labute approximate surface area is 342 Å². The van der Waals surface area contributed by atoms with Crippen LogP contribution in [0.3, 0.4) is 0 Å². The minimum Gasteiger partial charge on any atom is -0.455 e. The summed E-state index contributed by atoms with van der Waals surface area (Å²) in [6, 6.07) is 59.4. The van der Waals surface area contributed by atoms with Gasteiger partial charge in [-0.25, -0.2) is 0 Å². The highest BCUT2D eigenvalue weighted by Crippen LogP contribution is 2.58. The molecule has 11 aromatic rings. The number of benzene rings is 8. The van der Waals surface area contributed by atoms with Gasteiger partial charge in [0.25, 0.3) is 0 Å². The summed E-state index contributed by atoms with van der Waals surface area (Å²) in [4.78, 5) is 2.46. The number of fused-ring (bicyclic) bond motifs is 14. The highest BCUT2D eigenvalue weighted by molar-refractivity contribution is 6.22. The summed E-state index contributed by atoms with van der Waals surface area (Å²) >= 11 is 0. The Morgan fingerprint density at radius 2 is 1.08 bits per heavy atom. The molecule has 3 heterocycles. The molecule has 0 amide bonds. The van der Waals surface area contributed by atoms with E-state index in [0.717, 1.165) is 83.3 Å². The van der Waals surface area contributed by atoms with Crippen LogP contribution in [0.4, 0.5) is 17.1 Å². The molecule has 1 aliphatic carbocycles. The van der Waals surface area contributed by atoms with Crippen molar-refractivity contribution in [1.82, 2.24) is 4.57 Å². The first kappa shape index (κ1) is 34.0. The van der Waals surface area contributed by atoms with Crippen LogP contribution in [0.15, 0.2) is 173 Å². The van der Waals surface area contributed by atoms with Gasteiger partial charge < -0.3 is 18.3 Å². The third-order valence-corrected chi connectivity index (χ3v) is 12.9. The fourth-order valence-corrected chi connectivity index (χ4v) is 9.99. The molecule has 12 rings (SSSR count). The van der Waals surface area contributed by atoms with Gasteiger partial charge in [-0.3, -0.25) is 0 Å². The van der Waals surface area contributed by atoms with Gasteiger partial charge >= 0.3 is 0 Å². The van der Waals surface area contributed by atoms with Crippen molar-refractivity contribution < 1.29 is 8.83 Å². The van der Waals surface area contributed by atoms with E-state index in [1.165, 1.54) is 33.0 Å². The summed E-state index contributed by atoms with van der Waals surface area (Å²) in [5.74, 6) is 0. The first-order chi connectivity index (χ1) is 28.7. The molecule has 0 bridgehead atoms. The molecule has 59 heavy (non-hydrogen) atoms. The van der Waals surface area contributed by atoms with E-state index < -0.39 is 0 Å². The Morgan fingerprint density at radius 3 is 1.85 bits per heavy atom. The maximum Gasteiger partial charge on any atom is 0.145 e. The summed E-state index contributed by atoms with van der Waals surface area (Å²) < 4.78 is 16.3. The van der Waals surface area contributed by atoms with Gasteiger partial charge in [-0.05, 0) is 82.8 Å². The van der Waals surface area contributed by atoms with Crippen LogP contribution in [-0.4, -0.2) is 4.57 Å². The minimum atomic E-state index is -0.342. The third-order valence-electron chi connectivity index (χ3n) is 12.9. The highest BCUT2D eigenvalue weighted by atomic mass is 16.3. The number of hydrogen-bond acceptors (Lipinski definition) is 3. The molecule has 0 saturated carbocycles. The molecule has 4 heteroatoms. The highest BCUT2D eigenvalue weighted by Gasteiger charge is 2.41. The molecule has 0 N–H and O–H groups in total. The zero-order chi connectivity index (χ0) is 39.8. The molecule has 0 fully saturated rings. The molecular formula is C55H42N2O2. The summed E-state index contributed by atoms with van der Waals surface area (Å²) in [7, 11) is 0. The Balaban J connectivity index is 1.20. The first-order valence-corrected chi connectivity index (χ1v) is 20.6. The summed E-state index contributed by atoms with van der Waals surface area (Å²) in [5, 5.41) is 6.87. The lowest BCUT2D eigenvalue weighted by atomic mass is 9.81. The van der Waals surface area contributed by atoms with E-state index in [2.05, 4.69) is 202 Å². The Hall–Kier alpha value is -7.04. The zero-order valence-corrected chi connectivity index (χ0v) is 33.8. The second kappa shape index (κ2) is 12.0. The molecule has 0 spiro atoms. The Morgan fingerprint density at radius 1 is 0.492 bits per heavy atom. The molecular weight excluding hydrogens is 721 g/mol. The lowest BCUT2D eigenvalue weighted by Crippen LogP contribution is -2.17. The van der Waals surface area contributed by atoms with E-state index in [-0.39, 0.29) is 10.8 Å². The average Bonchev–Trinajstić information content (AvgIpc) is 3.98. The molecule has 0 unspecified atom stereocenters. The van der Waals surface area contributed by atoms with E-state index in [9.17, 15) is 0 Å². The smallest absolute Gasteiger partial charge is 0.145 e. The summed E-state index contributed by atoms with van der Waals surface area (Å²) in [5.41, 5.74) is 15.9. The number of furan rings is 2. The molecule has 3 aromatic heterocycles. The van der Waals surface area contributed by atoms with E-state index >= 15 is 0 Å². The number of rotatable bonds is 4. The van der Waals surface area contributed by atoms with Crippen LogP contribution in [0.25, 0.3) is 82.5 Å². The number of hydrogen-bond donors (Lipinski definition) is 0. The van der Waals surface area contributed by atoms with Gasteiger partial charge in [0, 0.05) is 60.5 Å². The maximum atomic E-state index is 7.11. The lowest BCUT2D eigenvalue weighted by Gasteiger charge is -2.30. The fraction of sp³-hybridized carbons (Fsp3) is 0.127. The number of anilines is 3. The van der Waals surface area contributed by atoms with E-state index in [4.69, 9.17) is 8.83 Å². The van der Waals surface area contributed by atoms with E-state index in [1.54, 1.807) is 0 Å². The molecule has 1 aliphatic rings. The number of nitrogens with zero attached hydrogens (tertiary/aromatic N) is 2. The van der Waals surface area contributed by atoms with Crippen LogP contribution >= 0.6 is 0 Å². The topological polar surface area (TPSA) is 34.5 Å². The quantitative estimate of drug-likeness (QED) is 0.179. The third kappa shape index (κ3) is 4.77. The van der Waals surface area contributed by atoms with Gasteiger partial charge in [0.05, 0.1) is 22.1 Å². The second-order valence-corrected chi connectivity index (χ2v) is 17.7. The van der Waals surface area contributed by atoms with Crippen LogP contribution < -0.4 is 4.90 Å². The van der Waals surface area contributed by atoms with Crippen LogP contribution in [0.5, 0.6) is 0 Å². The van der Waals surface area contributed by atoms with Crippen LogP contribution in [0.1, 0.15) is 51.3 Å². The summed E-state index contributed by atoms with van der Waals surface area (Å²) in [6.07, 6.45) is 0. The molecule has 0 aliphatic heterocycles. The minimum absolute atomic E-state index is 0.0122. The van der Waals surface area contributed by atoms with Crippen LogP contribution in [-0.2, 0) is 10.8 Å². The molecule has 8 aromatic carbocycles. The predicted octanol–water partition coefficient (Wildman–Crippen LogP) is 15.7. The van der Waals surface area contributed by atoms with Crippen molar-refractivity contribution in [1.29, 1.82) is 0 Å². The van der Waals surface area contributed by atoms with Gasteiger partial charge in [-0.15, -0.1) is 0 Å². The van der Waals surface area contributed by atoms with E-state index in [1.807, 2.05) is 6.07 Å². The normalized spacial score (nSPS) is 13.6. The van der Waals surface area contributed by atoms with Crippen LogP contribution in [0.2, 0.25) is 0 Å². The standard InChI is InChI=1S/C55H42N2O2/c1-54(2,3)33-23-25-35(26-24-33)56(36-27-28-38-37-17-9-12-20-44(37)57(45(38)31-36)34-15-7-6-8-16-34)46-32-43-51(53-49(46)41-19-11-14-22-48(41)59-53)50-42(55(43,4)5)30-29-40-39-18-10-13-21-47(39)58-52(40)50/h6-32H,1-5H3. The van der Waals surface area contributed by atoms with Crippen molar-refractivity contribution in [3.8, 4) is 16.8 Å². The van der Waals surface area contributed by atoms with Gasteiger partial charge in [-0.1, -0.05) is 138 Å². The monoisotopic (exact) mass is 762 g/mol. The fourth-order valence-electron chi connectivity index (χ4n) is 9.99. The first-order valence-electron chi connectivity index (χ1n) is 20.6. The largest absolute Gasteiger partial charge is 0.455 e. The molecule has 0 saturated heterocycles. The Bertz CT molecular complexity index is 3500. The lowest BCUT2D eigenvalue weighted by molar-refractivity contribution is 0.590.